The van der Waals surface area contributed by atoms with E-state index in [2.05, 4.69) is 46.5 Å². The number of hydrogen-bond acceptors (Lipinski definition) is 15. The summed E-state index contributed by atoms with van der Waals surface area (Å²) >= 11 is 16.0. The van der Waals surface area contributed by atoms with E-state index in [0.717, 1.165) is 123 Å². The predicted molar refractivity (Wildman–Crippen MR) is 297 cm³/mol. The summed E-state index contributed by atoms with van der Waals surface area (Å²) in [6, 6.07) is 14.8. The zero-order valence-electron chi connectivity index (χ0n) is 42.3. The van der Waals surface area contributed by atoms with Crippen molar-refractivity contribution in [2.75, 3.05) is 36.8 Å². The number of para-hydroxylation sites is 2. The second-order valence-corrected chi connectivity index (χ2v) is 22.7. The van der Waals surface area contributed by atoms with Gasteiger partial charge in [0.1, 0.15) is 18.3 Å². The quantitative estimate of drug-likeness (QED) is 0.0858. The van der Waals surface area contributed by atoms with Crippen LogP contribution in [0.5, 0.6) is 0 Å². The topological polar surface area (TPSA) is 237 Å². The summed E-state index contributed by atoms with van der Waals surface area (Å²) in [5.74, 6) is 0. The summed E-state index contributed by atoms with van der Waals surface area (Å²) in [5, 5.41) is 27.2. The fourth-order valence-corrected chi connectivity index (χ4v) is 12.6. The van der Waals surface area contributed by atoms with Crippen molar-refractivity contribution in [2.45, 2.75) is 89.8 Å². The fourth-order valence-electron chi connectivity index (χ4n) is 10.00. The van der Waals surface area contributed by atoms with Crippen LogP contribution < -0.4 is 26.6 Å². The lowest BCUT2D eigenvalue weighted by Crippen LogP contribution is -2.45. The Morgan fingerprint density at radius 2 is 1.19 bits per heavy atom. The van der Waals surface area contributed by atoms with Crippen LogP contribution in [0.2, 0.25) is 10.0 Å². The largest absolute Gasteiger partial charge is 0.444 e. The van der Waals surface area contributed by atoms with Crippen LogP contribution in [0.15, 0.2) is 86.0 Å². The number of benzene rings is 2. The van der Waals surface area contributed by atoms with Crippen LogP contribution in [-0.2, 0) is 30.4 Å². The van der Waals surface area contributed by atoms with Crippen molar-refractivity contribution < 1.29 is 19.1 Å². The van der Waals surface area contributed by atoms with Gasteiger partial charge in [-0.3, -0.25) is 10.6 Å². The molecule has 396 valence electrons. The maximum Gasteiger partial charge on any atom is 0.410 e. The number of ether oxygens (including phenoxy) is 1. The summed E-state index contributed by atoms with van der Waals surface area (Å²) in [6.07, 6.45) is 16.5. The lowest BCUT2D eigenvalue weighted by atomic mass is 9.96. The van der Waals surface area contributed by atoms with Gasteiger partial charge in [0.25, 0.3) is 0 Å². The number of rotatable bonds is 10. The molecule has 4 aliphatic rings. The number of fused-ring (bicyclic) bond motifs is 6. The normalized spacial score (nSPS) is 16.3. The predicted octanol–water partition coefficient (Wildman–Crippen LogP) is 9.80. The van der Waals surface area contributed by atoms with Gasteiger partial charge in [-0.15, -0.1) is 0 Å². The van der Waals surface area contributed by atoms with Gasteiger partial charge in [-0.2, -0.15) is 10.2 Å². The van der Waals surface area contributed by atoms with Gasteiger partial charge in [0.15, 0.2) is 10.3 Å². The fraction of sp³-hybridized carbons (Fsp3) is 0.340. The van der Waals surface area contributed by atoms with E-state index in [0.29, 0.717) is 58.8 Å². The van der Waals surface area contributed by atoms with E-state index in [1.807, 2.05) is 78.7 Å². The van der Waals surface area contributed by atoms with Crippen LogP contribution >= 0.6 is 45.9 Å². The summed E-state index contributed by atoms with van der Waals surface area (Å²) in [7, 11) is 0. The monoisotopic (exact) mass is 1110 g/mol. The number of thiazole rings is 2. The highest BCUT2D eigenvalue weighted by Gasteiger charge is 2.35. The lowest BCUT2D eigenvalue weighted by molar-refractivity contribution is 0.0228. The highest BCUT2D eigenvalue weighted by Crippen LogP contribution is 2.46. The third kappa shape index (κ3) is 11.2. The van der Waals surface area contributed by atoms with E-state index >= 15 is 0 Å². The number of anilines is 2. The molecular weight excluding hydrogens is 1060 g/mol. The van der Waals surface area contributed by atoms with Crippen LogP contribution in [0, 0.1) is 0 Å². The first kappa shape index (κ1) is 51.7. The minimum atomic E-state index is -0.574. The molecule has 2 saturated heterocycles. The molecule has 8 heterocycles. The number of hydrogen-bond donors (Lipinski definition) is 5. The van der Waals surface area contributed by atoms with Gasteiger partial charge in [0, 0.05) is 72.7 Å². The van der Waals surface area contributed by atoms with Crippen LogP contribution in [0.25, 0.3) is 55.0 Å². The molecule has 12 rings (SSSR count). The molecule has 0 unspecified atom stereocenters. The Balaban J connectivity index is 0.000000166. The average Bonchev–Trinajstić information content (AvgIpc) is 4.35. The van der Waals surface area contributed by atoms with E-state index in [1.165, 1.54) is 35.3 Å². The molecule has 0 spiro atoms. The first-order valence-electron chi connectivity index (χ1n) is 25.4. The Morgan fingerprint density at radius 3 is 1.68 bits per heavy atom. The maximum absolute atomic E-state index is 12.9. The summed E-state index contributed by atoms with van der Waals surface area (Å²) < 4.78 is 9.27. The van der Waals surface area contributed by atoms with Crippen molar-refractivity contribution in [1.82, 2.24) is 70.3 Å². The first-order valence-corrected chi connectivity index (χ1v) is 27.8. The summed E-state index contributed by atoms with van der Waals surface area (Å²) in [6.45, 7) is 8.07. The van der Waals surface area contributed by atoms with Gasteiger partial charge < -0.3 is 25.6 Å². The molecule has 5 N–H and O–H groups in total. The van der Waals surface area contributed by atoms with E-state index in [1.54, 1.807) is 29.7 Å². The third-order valence-corrected chi connectivity index (χ3v) is 16.1. The molecule has 0 saturated carbocycles. The number of halogens is 2. The highest BCUT2D eigenvalue weighted by molar-refractivity contribution is 7.19. The second kappa shape index (κ2) is 22.3. The Bertz CT molecular complexity index is 3460. The number of aryl methyl sites for hydroxylation is 2. The van der Waals surface area contributed by atoms with Crippen molar-refractivity contribution in [3.8, 4) is 55.0 Å². The number of carbonyl (C=O) groups is 3. The van der Waals surface area contributed by atoms with Crippen LogP contribution in [0.1, 0.15) is 69.0 Å². The molecule has 2 aromatic carbocycles. The number of carbonyl (C=O) groups excluding carboxylic acids is 3. The van der Waals surface area contributed by atoms with Crippen LogP contribution in [0.4, 0.5) is 24.6 Å². The molecule has 24 heteroatoms. The summed E-state index contributed by atoms with van der Waals surface area (Å²) in [5.41, 5.74) is 10.1. The molecule has 0 radical (unpaired) electrons. The molecule has 2 aliphatic heterocycles. The van der Waals surface area contributed by atoms with Gasteiger partial charge in [-0.25, -0.2) is 53.7 Å². The lowest BCUT2D eigenvalue weighted by Gasteiger charge is -2.28. The average molecular weight is 1110 g/mol. The zero-order chi connectivity index (χ0) is 53.2. The molecule has 2 atom stereocenters. The van der Waals surface area contributed by atoms with Crippen LogP contribution in [0.3, 0.4) is 0 Å². The maximum atomic E-state index is 12.9. The standard InChI is InChI=1S/C29H31ClN8O3S.C24H23ClN8OS/c1-29(2,3)41-28(40)37-12-6-7-18(37)15-33-26(39)35-27-34-21-11-10-19-23(17-13-31-16-32-14-17)36-38(24(19)25(21)42-27)22-9-5-4-8-20(22)30;25-17-5-1-2-6-19(17)33-21-16(20(32-33)14-10-26-13-27-11-14)7-8-18-22(21)35-24(30-18)31-23(34)29-12-15-4-3-9-28-15/h4-5,8-9,13-14,16,18H,6-7,10-12,15H2,1-3H3,(H2,33,34,35,39);1-2,5-6,10-11,13,15,28H,3-4,7-9,12H2,(H2,29,30,31,34)/t18-;15-/m00/s1. The van der Waals surface area contributed by atoms with Crippen molar-refractivity contribution in [2.24, 2.45) is 0 Å². The molecular formula is C53H54Cl2N16O4S2. The summed E-state index contributed by atoms with van der Waals surface area (Å²) in [4.78, 5) is 67.9. The second-order valence-electron chi connectivity index (χ2n) is 19.9. The minimum Gasteiger partial charge on any atom is -0.444 e. The van der Waals surface area contributed by atoms with Crippen molar-refractivity contribution in [1.29, 1.82) is 0 Å². The Hall–Kier alpha value is -7.37. The van der Waals surface area contributed by atoms with Gasteiger partial charge in [-0.05, 0) is 103 Å². The minimum absolute atomic E-state index is 0.122. The molecule has 77 heavy (non-hydrogen) atoms. The number of urea groups is 2. The Kier molecular flexibility index (Phi) is 15.0. The molecule has 2 fully saturated rings. The van der Waals surface area contributed by atoms with Crippen molar-refractivity contribution in [3.05, 3.63) is 119 Å². The number of likely N-dealkylation sites (tertiary alicyclic amines) is 1. The molecule has 6 aromatic heterocycles. The van der Waals surface area contributed by atoms with Gasteiger partial charge in [0.05, 0.1) is 71.4 Å². The number of aromatic nitrogens is 10. The van der Waals surface area contributed by atoms with Gasteiger partial charge in [-0.1, -0.05) is 70.1 Å². The molecule has 20 nitrogen and oxygen atoms in total. The van der Waals surface area contributed by atoms with Gasteiger partial charge >= 0.3 is 18.2 Å². The highest BCUT2D eigenvalue weighted by atomic mass is 35.5. The molecule has 8 aromatic rings. The third-order valence-electron chi connectivity index (χ3n) is 13.5. The van der Waals surface area contributed by atoms with E-state index < -0.39 is 5.60 Å². The Labute approximate surface area is 461 Å². The zero-order valence-corrected chi connectivity index (χ0v) is 45.5. The molecule has 0 bridgehead atoms. The number of nitrogens with zero attached hydrogens (tertiary/aromatic N) is 11. The molecule has 5 amide bonds. The smallest absolute Gasteiger partial charge is 0.410 e. The molecule has 2 aliphatic carbocycles. The van der Waals surface area contributed by atoms with E-state index in [4.69, 9.17) is 48.1 Å². The Morgan fingerprint density at radius 1 is 0.688 bits per heavy atom. The first-order chi connectivity index (χ1) is 37.3. The van der Waals surface area contributed by atoms with E-state index in [-0.39, 0.29) is 24.2 Å². The number of nitrogens with one attached hydrogen (secondary N) is 5. The number of amides is 5. The van der Waals surface area contributed by atoms with Crippen LogP contribution in [-0.4, -0.2) is 116 Å². The van der Waals surface area contributed by atoms with Crippen molar-refractivity contribution in [3.63, 3.8) is 0 Å². The SMILES string of the molecule is CC(C)(C)OC(=O)N1CCC[C@H]1CNC(=O)Nc1nc2c(s1)-c1c(c(-c3cncnc3)nn1-c1ccccc1Cl)CC2.O=C(NC[C@@H]1CCCN1)Nc1nc2c(s1)-c1c(c(-c3cncnc3)nn1-c1ccccc1Cl)CC2. The van der Waals surface area contributed by atoms with Gasteiger partial charge in [0.2, 0.25) is 0 Å². The van der Waals surface area contributed by atoms with E-state index in [9.17, 15) is 14.4 Å². The van der Waals surface area contributed by atoms with Crippen molar-refractivity contribution >= 4 is 74.3 Å².